The predicted molar refractivity (Wildman–Crippen MR) is 75.0 cm³/mol. The Morgan fingerprint density at radius 1 is 1.30 bits per heavy atom. The van der Waals surface area contributed by atoms with E-state index in [1.807, 2.05) is 0 Å². The maximum Gasteiger partial charge on any atom is 0.220 e. The molecular formula is C14H23NO4S. The van der Waals surface area contributed by atoms with E-state index < -0.39 is 15.4 Å². The number of rotatable bonds is 5. The van der Waals surface area contributed by atoms with Gasteiger partial charge in [0.05, 0.1) is 19.0 Å². The molecule has 1 amide bonds. The van der Waals surface area contributed by atoms with Gasteiger partial charge in [-0.2, -0.15) is 0 Å². The highest BCUT2D eigenvalue weighted by Gasteiger charge is 2.44. The van der Waals surface area contributed by atoms with Crippen LogP contribution >= 0.6 is 0 Å². The van der Waals surface area contributed by atoms with E-state index in [9.17, 15) is 13.2 Å². The average molecular weight is 301 g/mol. The molecule has 2 saturated carbocycles. The molecule has 2 aliphatic carbocycles. The van der Waals surface area contributed by atoms with Gasteiger partial charge in [0.25, 0.3) is 0 Å². The summed E-state index contributed by atoms with van der Waals surface area (Å²) in [6.45, 7) is 0.616. The molecule has 114 valence electrons. The first-order valence-electron chi connectivity index (χ1n) is 7.42. The molecule has 1 aliphatic heterocycles. The molecule has 3 rings (SSSR count). The Hall–Kier alpha value is -0.620. The Morgan fingerprint density at radius 3 is 2.50 bits per heavy atom. The number of carbonyl (C=O) groups excluding carboxylic acids is 1. The number of carbonyl (C=O) groups is 1. The normalized spacial score (nSPS) is 34.8. The summed E-state index contributed by atoms with van der Waals surface area (Å²) < 4.78 is 28.1. The fourth-order valence-corrected chi connectivity index (χ4v) is 5.50. The van der Waals surface area contributed by atoms with Crippen molar-refractivity contribution < 1.29 is 17.9 Å². The van der Waals surface area contributed by atoms with E-state index in [-0.39, 0.29) is 11.7 Å². The molecule has 3 aliphatic rings. The SMILES string of the molecule is CS(=O)(=O)CC1(NC(=O)CC2CC3CCC2C3)COC1. The lowest BCUT2D eigenvalue weighted by Crippen LogP contribution is -2.65. The van der Waals surface area contributed by atoms with E-state index in [0.717, 1.165) is 5.92 Å². The molecular weight excluding hydrogens is 278 g/mol. The van der Waals surface area contributed by atoms with Crippen LogP contribution in [0.5, 0.6) is 0 Å². The van der Waals surface area contributed by atoms with Crippen molar-refractivity contribution >= 4 is 15.7 Å². The van der Waals surface area contributed by atoms with E-state index in [2.05, 4.69) is 5.32 Å². The molecule has 5 nitrogen and oxygen atoms in total. The van der Waals surface area contributed by atoms with Crippen molar-refractivity contribution in [3.05, 3.63) is 0 Å². The molecule has 3 atom stereocenters. The first-order chi connectivity index (χ1) is 9.35. The number of nitrogens with one attached hydrogen (secondary N) is 1. The van der Waals surface area contributed by atoms with Crippen LogP contribution in [-0.2, 0) is 19.4 Å². The highest BCUT2D eigenvalue weighted by Crippen LogP contribution is 2.49. The molecule has 0 aromatic carbocycles. The molecule has 0 aromatic heterocycles. The van der Waals surface area contributed by atoms with Crippen molar-refractivity contribution in [2.24, 2.45) is 17.8 Å². The number of ether oxygens (including phenoxy) is 1. The third-order valence-corrected chi connectivity index (χ3v) is 6.11. The van der Waals surface area contributed by atoms with Crippen molar-refractivity contribution in [3.63, 3.8) is 0 Å². The summed E-state index contributed by atoms with van der Waals surface area (Å²) in [6.07, 6.45) is 6.81. The number of amides is 1. The fraction of sp³-hybridized carbons (Fsp3) is 0.929. The Morgan fingerprint density at radius 2 is 2.05 bits per heavy atom. The van der Waals surface area contributed by atoms with Gasteiger partial charge in [-0.3, -0.25) is 4.79 Å². The van der Waals surface area contributed by atoms with E-state index in [1.54, 1.807) is 0 Å². The quantitative estimate of drug-likeness (QED) is 0.813. The van der Waals surface area contributed by atoms with Gasteiger partial charge >= 0.3 is 0 Å². The third kappa shape index (κ3) is 3.01. The minimum absolute atomic E-state index is 0.00509. The molecule has 20 heavy (non-hydrogen) atoms. The van der Waals surface area contributed by atoms with Gasteiger partial charge in [0.2, 0.25) is 5.91 Å². The topological polar surface area (TPSA) is 72.5 Å². The molecule has 0 radical (unpaired) electrons. The summed E-state index contributed by atoms with van der Waals surface area (Å²) in [7, 11) is -3.12. The second kappa shape index (κ2) is 4.98. The Labute approximate surface area is 120 Å². The molecule has 1 N–H and O–H groups in total. The standard InChI is InChI=1S/C14H23NO4S/c1-20(17,18)9-14(7-19-8-14)15-13(16)6-12-5-10-2-3-11(12)4-10/h10-12H,2-9H2,1H3,(H,15,16). The summed E-state index contributed by atoms with van der Waals surface area (Å²) in [5, 5.41) is 2.93. The van der Waals surface area contributed by atoms with Crippen LogP contribution < -0.4 is 5.32 Å². The van der Waals surface area contributed by atoms with Crippen LogP contribution in [0.3, 0.4) is 0 Å². The highest BCUT2D eigenvalue weighted by molar-refractivity contribution is 7.90. The number of sulfone groups is 1. The highest BCUT2D eigenvalue weighted by atomic mass is 32.2. The molecule has 0 spiro atoms. The third-order valence-electron chi connectivity index (χ3n) is 5.03. The zero-order valence-electron chi connectivity index (χ0n) is 11.9. The molecule has 1 saturated heterocycles. The van der Waals surface area contributed by atoms with Gasteiger partial charge < -0.3 is 10.1 Å². The van der Waals surface area contributed by atoms with E-state index in [1.165, 1.54) is 31.9 Å². The molecule has 0 aromatic rings. The number of hydrogen-bond acceptors (Lipinski definition) is 4. The van der Waals surface area contributed by atoms with E-state index in [0.29, 0.717) is 31.5 Å². The lowest BCUT2D eigenvalue weighted by atomic mass is 9.86. The van der Waals surface area contributed by atoms with Crippen LogP contribution in [0.15, 0.2) is 0 Å². The van der Waals surface area contributed by atoms with Crippen LogP contribution in [0.2, 0.25) is 0 Å². The Kier molecular flexibility index (Phi) is 3.57. The molecule has 2 bridgehead atoms. The van der Waals surface area contributed by atoms with Crippen molar-refractivity contribution in [1.82, 2.24) is 5.32 Å². The number of fused-ring (bicyclic) bond motifs is 2. The summed E-state index contributed by atoms with van der Waals surface area (Å²) in [6, 6.07) is 0. The van der Waals surface area contributed by atoms with Crippen LogP contribution in [0, 0.1) is 17.8 Å². The molecule has 1 heterocycles. The van der Waals surface area contributed by atoms with Gasteiger partial charge in [0.15, 0.2) is 0 Å². The monoisotopic (exact) mass is 301 g/mol. The first-order valence-corrected chi connectivity index (χ1v) is 9.48. The van der Waals surface area contributed by atoms with Gasteiger partial charge in [-0.1, -0.05) is 6.42 Å². The summed E-state index contributed by atoms with van der Waals surface area (Å²) >= 11 is 0. The van der Waals surface area contributed by atoms with E-state index in [4.69, 9.17) is 4.74 Å². The van der Waals surface area contributed by atoms with Gasteiger partial charge in [-0.05, 0) is 37.0 Å². The molecule has 3 unspecified atom stereocenters. The molecule has 3 fully saturated rings. The van der Waals surface area contributed by atoms with Crippen LogP contribution in [0.25, 0.3) is 0 Å². The maximum absolute atomic E-state index is 12.2. The van der Waals surface area contributed by atoms with Crippen molar-refractivity contribution in [2.75, 3.05) is 25.2 Å². The first kappa shape index (κ1) is 14.3. The summed E-state index contributed by atoms with van der Waals surface area (Å²) in [5.74, 6) is 2.02. The minimum Gasteiger partial charge on any atom is -0.376 e. The number of hydrogen-bond donors (Lipinski definition) is 1. The summed E-state index contributed by atoms with van der Waals surface area (Å²) in [4.78, 5) is 12.2. The predicted octanol–water partition coefficient (Wildman–Crippen LogP) is 0.742. The van der Waals surface area contributed by atoms with Gasteiger partial charge in [0, 0.05) is 12.7 Å². The van der Waals surface area contributed by atoms with Crippen LogP contribution in [0.1, 0.15) is 32.1 Å². The second-order valence-electron chi connectivity index (χ2n) is 7.03. The van der Waals surface area contributed by atoms with Crippen molar-refractivity contribution in [2.45, 2.75) is 37.6 Å². The zero-order valence-corrected chi connectivity index (χ0v) is 12.7. The van der Waals surface area contributed by atoms with Crippen LogP contribution in [-0.4, -0.2) is 45.1 Å². The van der Waals surface area contributed by atoms with Gasteiger partial charge in [-0.25, -0.2) is 8.42 Å². The average Bonchev–Trinajstić information content (AvgIpc) is 2.85. The largest absolute Gasteiger partial charge is 0.376 e. The lowest BCUT2D eigenvalue weighted by Gasteiger charge is -2.41. The second-order valence-corrected chi connectivity index (χ2v) is 9.17. The van der Waals surface area contributed by atoms with Crippen molar-refractivity contribution in [1.29, 1.82) is 0 Å². The lowest BCUT2D eigenvalue weighted by molar-refractivity contribution is -0.132. The molecule has 6 heteroatoms. The Balaban J connectivity index is 1.55. The van der Waals surface area contributed by atoms with Gasteiger partial charge in [0.1, 0.15) is 15.4 Å². The van der Waals surface area contributed by atoms with Crippen molar-refractivity contribution in [3.8, 4) is 0 Å². The Bertz CT molecular complexity index is 497. The maximum atomic E-state index is 12.2. The minimum atomic E-state index is -3.12. The smallest absolute Gasteiger partial charge is 0.220 e. The zero-order chi connectivity index (χ0) is 14.4. The van der Waals surface area contributed by atoms with E-state index >= 15 is 0 Å². The van der Waals surface area contributed by atoms with Gasteiger partial charge in [-0.15, -0.1) is 0 Å². The fourth-order valence-electron chi connectivity index (χ4n) is 4.25. The van der Waals surface area contributed by atoms with Crippen LogP contribution in [0.4, 0.5) is 0 Å². The summed E-state index contributed by atoms with van der Waals surface area (Å²) in [5.41, 5.74) is -0.678.